The monoisotopic (exact) mass is 455 g/mol. The Balaban J connectivity index is 0.00000122. The quantitative estimate of drug-likeness (QED) is 0.551. The van der Waals surface area contributed by atoms with Crippen molar-refractivity contribution in [3.05, 3.63) is 58.7 Å². The molecule has 8 heteroatoms. The van der Waals surface area contributed by atoms with Crippen molar-refractivity contribution in [3.8, 4) is 0 Å². The molecule has 0 aromatic heterocycles. The molecule has 3 rings (SSSR count). The SMILES string of the molecule is Cc1ccc(C)c(NC(=O)c2ccc(C)c(NC(=O)CCCN3CCOCC3)c2)c1.O=CO. The van der Waals surface area contributed by atoms with Crippen molar-refractivity contribution in [1.82, 2.24) is 4.90 Å². The lowest BCUT2D eigenvalue weighted by Gasteiger charge is -2.26. The molecule has 1 saturated heterocycles. The first kappa shape index (κ1) is 26.0. The number of hydrogen-bond donors (Lipinski definition) is 3. The molecule has 1 fully saturated rings. The van der Waals surface area contributed by atoms with Crippen molar-refractivity contribution in [1.29, 1.82) is 0 Å². The highest BCUT2D eigenvalue weighted by Gasteiger charge is 2.13. The highest BCUT2D eigenvalue weighted by Crippen LogP contribution is 2.21. The number of morpholine rings is 1. The van der Waals surface area contributed by atoms with Crippen LogP contribution in [0.15, 0.2) is 36.4 Å². The van der Waals surface area contributed by atoms with Gasteiger partial charge >= 0.3 is 0 Å². The van der Waals surface area contributed by atoms with Gasteiger partial charge in [-0.1, -0.05) is 18.2 Å². The molecule has 3 N–H and O–H groups in total. The van der Waals surface area contributed by atoms with Crippen molar-refractivity contribution < 1.29 is 24.2 Å². The Hall–Kier alpha value is -3.23. The zero-order valence-corrected chi connectivity index (χ0v) is 19.5. The topological polar surface area (TPSA) is 108 Å². The lowest BCUT2D eigenvalue weighted by Crippen LogP contribution is -2.37. The molecule has 1 aliphatic rings. The van der Waals surface area contributed by atoms with E-state index in [4.69, 9.17) is 14.6 Å². The predicted octanol–water partition coefficient (Wildman–Crippen LogP) is 3.62. The number of carbonyl (C=O) groups excluding carboxylic acids is 2. The minimum absolute atomic E-state index is 0.0292. The lowest BCUT2D eigenvalue weighted by molar-refractivity contribution is -0.123. The maximum Gasteiger partial charge on any atom is 0.290 e. The van der Waals surface area contributed by atoms with Gasteiger partial charge in [-0.2, -0.15) is 0 Å². The molecule has 2 aromatic rings. The van der Waals surface area contributed by atoms with Crippen LogP contribution in [0.25, 0.3) is 0 Å². The number of ether oxygens (including phenoxy) is 1. The van der Waals surface area contributed by atoms with Crippen LogP contribution in [0.1, 0.15) is 39.9 Å². The summed E-state index contributed by atoms with van der Waals surface area (Å²) in [6.45, 7) is 9.92. The number of amides is 2. The number of nitrogens with zero attached hydrogens (tertiary/aromatic N) is 1. The van der Waals surface area contributed by atoms with Crippen molar-refractivity contribution in [2.45, 2.75) is 33.6 Å². The Labute approximate surface area is 194 Å². The van der Waals surface area contributed by atoms with Crippen LogP contribution < -0.4 is 10.6 Å². The fourth-order valence-electron chi connectivity index (χ4n) is 3.46. The Bertz CT molecular complexity index is 955. The van der Waals surface area contributed by atoms with Crippen molar-refractivity contribution >= 4 is 29.7 Å². The van der Waals surface area contributed by atoms with Crippen molar-refractivity contribution in [2.75, 3.05) is 43.5 Å². The van der Waals surface area contributed by atoms with E-state index in [2.05, 4.69) is 15.5 Å². The summed E-state index contributed by atoms with van der Waals surface area (Å²) in [6, 6.07) is 11.4. The van der Waals surface area contributed by atoms with Crippen LogP contribution in [0.3, 0.4) is 0 Å². The lowest BCUT2D eigenvalue weighted by atomic mass is 10.1. The summed E-state index contributed by atoms with van der Waals surface area (Å²) < 4.78 is 5.35. The largest absolute Gasteiger partial charge is 0.483 e. The third kappa shape index (κ3) is 8.67. The first-order valence-corrected chi connectivity index (χ1v) is 11.0. The van der Waals surface area contributed by atoms with E-state index >= 15 is 0 Å². The molecular weight excluding hydrogens is 422 g/mol. The molecule has 0 radical (unpaired) electrons. The van der Waals surface area contributed by atoms with Crippen LogP contribution in [0.2, 0.25) is 0 Å². The fourth-order valence-corrected chi connectivity index (χ4v) is 3.46. The molecule has 0 unspecified atom stereocenters. The van der Waals surface area contributed by atoms with E-state index in [1.807, 2.05) is 45.0 Å². The van der Waals surface area contributed by atoms with Gasteiger partial charge in [0.25, 0.3) is 12.4 Å². The second-order valence-corrected chi connectivity index (χ2v) is 8.01. The molecule has 0 bridgehead atoms. The zero-order valence-electron chi connectivity index (χ0n) is 19.5. The molecule has 0 spiro atoms. The Kier molecular flexibility index (Phi) is 10.5. The predicted molar refractivity (Wildman–Crippen MR) is 129 cm³/mol. The summed E-state index contributed by atoms with van der Waals surface area (Å²) in [7, 11) is 0. The Morgan fingerprint density at radius 3 is 2.27 bits per heavy atom. The molecule has 2 aromatic carbocycles. The molecule has 2 amide bonds. The highest BCUT2D eigenvalue weighted by molar-refractivity contribution is 6.06. The second kappa shape index (κ2) is 13.3. The number of rotatable bonds is 7. The summed E-state index contributed by atoms with van der Waals surface area (Å²) in [5, 5.41) is 12.8. The first-order valence-electron chi connectivity index (χ1n) is 11.0. The Morgan fingerprint density at radius 2 is 1.61 bits per heavy atom. The van der Waals surface area contributed by atoms with E-state index in [9.17, 15) is 9.59 Å². The summed E-state index contributed by atoms with van der Waals surface area (Å²) >= 11 is 0. The molecule has 1 heterocycles. The first-order chi connectivity index (χ1) is 15.8. The van der Waals surface area contributed by atoms with Crippen molar-refractivity contribution in [2.24, 2.45) is 0 Å². The van der Waals surface area contributed by atoms with E-state index < -0.39 is 0 Å². The third-order valence-corrected chi connectivity index (χ3v) is 5.40. The van der Waals surface area contributed by atoms with Crippen LogP contribution in [-0.2, 0) is 14.3 Å². The van der Waals surface area contributed by atoms with Crippen LogP contribution >= 0.6 is 0 Å². The van der Waals surface area contributed by atoms with Gasteiger partial charge in [0.2, 0.25) is 5.91 Å². The minimum Gasteiger partial charge on any atom is -0.483 e. The van der Waals surface area contributed by atoms with Gasteiger partial charge in [0.1, 0.15) is 0 Å². The van der Waals surface area contributed by atoms with Gasteiger partial charge in [0, 0.05) is 36.4 Å². The summed E-state index contributed by atoms with van der Waals surface area (Å²) in [6.07, 6.45) is 1.26. The minimum atomic E-state index is -0.250. The van der Waals surface area contributed by atoms with E-state index in [1.54, 1.807) is 12.1 Å². The van der Waals surface area contributed by atoms with Gasteiger partial charge in [-0.15, -0.1) is 0 Å². The van der Waals surface area contributed by atoms with Crippen LogP contribution in [0.5, 0.6) is 0 Å². The summed E-state index contributed by atoms with van der Waals surface area (Å²) in [4.78, 5) is 35.8. The normalized spacial score (nSPS) is 13.4. The number of carbonyl (C=O) groups is 3. The molecule has 8 nitrogen and oxygen atoms in total. The maximum absolute atomic E-state index is 12.7. The molecule has 0 saturated carbocycles. The molecule has 1 aliphatic heterocycles. The number of hydrogen-bond acceptors (Lipinski definition) is 5. The smallest absolute Gasteiger partial charge is 0.290 e. The number of anilines is 2. The van der Waals surface area contributed by atoms with Crippen LogP contribution in [-0.4, -0.2) is 61.1 Å². The van der Waals surface area contributed by atoms with Gasteiger partial charge < -0.3 is 20.5 Å². The number of aryl methyl sites for hydroxylation is 3. The van der Waals surface area contributed by atoms with Crippen molar-refractivity contribution in [3.63, 3.8) is 0 Å². The highest BCUT2D eigenvalue weighted by atomic mass is 16.5. The van der Waals surface area contributed by atoms with E-state index in [0.717, 1.165) is 61.6 Å². The molecule has 0 aliphatic carbocycles. The van der Waals surface area contributed by atoms with Gasteiger partial charge in [-0.3, -0.25) is 19.3 Å². The van der Waals surface area contributed by atoms with Crippen LogP contribution in [0, 0.1) is 20.8 Å². The fraction of sp³-hybridized carbons (Fsp3) is 0.400. The van der Waals surface area contributed by atoms with Crippen LogP contribution in [0.4, 0.5) is 11.4 Å². The van der Waals surface area contributed by atoms with E-state index in [0.29, 0.717) is 17.7 Å². The molecular formula is C25H33N3O5. The Morgan fingerprint density at radius 1 is 1.00 bits per heavy atom. The number of benzene rings is 2. The van der Waals surface area contributed by atoms with E-state index in [1.165, 1.54) is 0 Å². The van der Waals surface area contributed by atoms with Gasteiger partial charge in [-0.05, 0) is 68.6 Å². The number of carboxylic acid groups (broad SMARTS) is 1. The standard InChI is InChI=1S/C24H31N3O3.CH2O2/c1-17-6-7-18(2)21(15-17)26-24(29)20-9-8-19(3)22(16-20)25-23(28)5-4-10-27-11-13-30-14-12-27;2-1-3/h6-9,15-16H,4-5,10-14H2,1-3H3,(H,25,28)(H,26,29);1H,(H,2,3). The van der Waals surface area contributed by atoms with Gasteiger partial charge in [0.15, 0.2) is 0 Å². The third-order valence-electron chi connectivity index (χ3n) is 5.40. The zero-order chi connectivity index (χ0) is 24.2. The average molecular weight is 456 g/mol. The van der Waals surface area contributed by atoms with Gasteiger partial charge in [0.05, 0.1) is 13.2 Å². The maximum atomic E-state index is 12.7. The average Bonchev–Trinajstić information content (AvgIpc) is 2.79. The van der Waals surface area contributed by atoms with Gasteiger partial charge in [-0.25, -0.2) is 0 Å². The number of nitrogens with one attached hydrogen (secondary N) is 2. The summed E-state index contributed by atoms with van der Waals surface area (Å²) in [5.74, 6) is -0.218. The molecule has 0 atom stereocenters. The molecule has 178 valence electrons. The summed E-state index contributed by atoms with van der Waals surface area (Å²) in [5.41, 5.74) is 5.03. The molecule has 33 heavy (non-hydrogen) atoms. The second-order valence-electron chi connectivity index (χ2n) is 8.01. The van der Waals surface area contributed by atoms with E-state index in [-0.39, 0.29) is 18.3 Å².